The minimum atomic E-state index is -0.885. The molecule has 1 fully saturated rings. The summed E-state index contributed by atoms with van der Waals surface area (Å²) in [6, 6.07) is 9.41. The van der Waals surface area contributed by atoms with Crippen molar-refractivity contribution in [1.29, 1.82) is 0 Å². The van der Waals surface area contributed by atoms with Gasteiger partial charge in [0.05, 0.1) is 53.6 Å². The highest BCUT2D eigenvalue weighted by Crippen LogP contribution is 2.45. The lowest BCUT2D eigenvalue weighted by Gasteiger charge is -2.30. The quantitative estimate of drug-likeness (QED) is 0.311. The summed E-state index contributed by atoms with van der Waals surface area (Å²) < 4.78 is 16.3. The van der Waals surface area contributed by atoms with Crippen LogP contribution in [0.1, 0.15) is 36.6 Å². The number of nitrogens with zero attached hydrogens (tertiary/aromatic N) is 1. The molecule has 1 atom stereocenters. The van der Waals surface area contributed by atoms with Crippen molar-refractivity contribution in [2.24, 2.45) is 0 Å². The third-order valence-electron chi connectivity index (χ3n) is 6.64. The molecule has 1 unspecified atom stereocenters. The first-order chi connectivity index (χ1) is 16.8. The Bertz CT molecular complexity index is 1120. The molecule has 1 N–H and O–H groups in total. The average Bonchev–Trinajstić information content (AvgIpc) is 3.12. The molecule has 1 heterocycles. The van der Waals surface area contributed by atoms with Crippen LogP contribution in [0.4, 0.5) is 0 Å². The molecule has 1 amide bonds. The van der Waals surface area contributed by atoms with Crippen LogP contribution in [-0.2, 0) is 9.59 Å². The molecule has 2 aromatic rings. The summed E-state index contributed by atoms with van der Waals surface area (Å²) in [5, 5.41) is 13.8. The second-order valence-electron chi connectivity index (χ2n) is 8.44. The second-order valence-corrected chi connectivity index (χ2v) is 8.44. The molecular weight excluding hydrogens is 448 g/mol. The third-order valence-corrected chi connectivity index (χ3v) is 6.64. The monoisotopic (exact) mass is 482 g/mol. The van der Waals surface area contributed by atoms with Crippen molar-refractivity contribution < 1.29 is 33.8 Å². The Balaban J connectivity index is 2.23. The zero-order valence-corrected chi connectivity index (χ0v) is 21.3. The second kappa shape index (κ2) is 11.3. The van der Waals surface area contributed by atoms with Crippen LogP contribution in [0.3, 0.4) is 0 Å². The summed E-state index contributed by atoms with van der Waals surface area (Å²) in [6.07, 6.45) is 0. The zero-order chi connectivity index (χ0) is 25.7. The molecule has 0 spiro atoms. The smallest absolute Gasteiger partial charge is 0.295 e. The van der Waals surface area contributed by atoms with E-state index in [1.54, 1.807) is 50.4 Å². The number of rotatable bonds is 10. The Morgan fingerprint density at radius 2 is 1.74 bits per heavy atom. The molecule has 0 aromatic heterocycles. The van der Waals surface area contributed by atoms with Crippen molar-refractivity contribution in [3.05, 3.63) is 58.7 Å². The highest BCUT2D eigenvalue weighted by Gasteiger charge is 2.45. The molecule has 0 aliphatic carbocycles. The fourth-order valence-corrected chi connectivity index (χ4v) is 4.60. The molecule has 8 nitrogen and oxygen atoms in total. The van der Waals surface area contributed by atoms with Crippen molar-refractivity contribution >= 4 is 17.4 Å². The molecule has 8 heteroatoms. The first-order valence-electron chi connectivity index (χ1n) is 11.8. The molecule has 1 aliphatic heterocycles. The Kier molecular flexibility index (Phi) is 8.40. The first-order valence-corrected chi connectivity index (χ1v) is 11.8. The van der Waals surface area contributed by atoms with Crippen molar-refractivity contribution in [2.75, 3.05) is 47.5 Å². The van der Waals surface area contributed by atoms with Crippen LogP contribution < -0.4 is 24.2 Å². The standard InChI is InChI=1S/C27H34N2O6/c1-7-28(8-2)14-15-29-23(20-10-9-11-21(34-5)26(20)35-6)22(25(31)27(29)32)24(30)19-13-12-18(33-4)16-17(19)3/h9-13,16,23,30H,7-8,14-15H2,1-6H3/b24-22+. The number of carbonyl (C=O) groups excluding carboxylic acids is 2. The fourth-order valence-electron chi connectivity index (χ4n) is 4.60. The lowest BCUT2D eigenvalue weighted by Crippen LogP contribution is -3.12. The van der Waals surface area contributed by atoms with E-state index in [2.05, 4.69) is 13.8 Å². The van der Waals surface area contributed by atoms with Gasteiger partial charge in [-0.15, -0.1) is 0 Å². The number of ether oxygens (including phenoxy) is 3. The summed E-state index contributed by atoms with van der Waals surface area (Å²) in [4.78, 5) is 29.4. The molecule has 2 aromatic carbocycles. The molecule has 188 valence electrons. The van der Waals surface area contributed by atoms with E-state index in [0.717, 1.165) is 13.1 Å². The van der Waals surface area contributed by atoms with Crippen LogP contribution >= 0.6 is 0 Å². The van der Waals surface area contributed by atoms with Gasteiger partial charge in [0.1, 0.15) is 5.75 Å². The predicted molar refractivity (Wildman–Crippen MR) is 131 cm³/mol. The van der Waals surface area contributed by atoms with Gasteiger partial charge in [-0.3, -0.25) is 9.59 Å². The van der Waals surface area contributed by atoms with E-state index in [0.29, 0.717) is 47.0 Å². The maximum Gasteiger partial charge on any atom is 0.295 e. The zero-order valence-electron chi connectivity index (χ0n) is 21.3. The molecule has 3 rings (SSSR count). The van der Waals surface area contributed by atoms with Gasteiger partial charge in [0.2, 0.25) is 5.78 Å². The number of likely N-dealkylation sites (N-methyl/N-ethyl adjacent to an activating group) is 1. The number of ketones is 1. The van der Waals surface area contributed by atoms with E-state index in [9.17, 15) is 14.7 Å². The number of Topliss-reactive ketones (excluding diaryl/α,β-unsaturated/α-hetero) is 1. The molecule has 0 radical (unpaired) electrons. The number of hydrogen-bond acceptors (Lipinski definition) is 6. The molecule has 35 heavy (non-hydrogen) atoms. The van der Waals surface area contributed by atoms with Gasteiger partial charge in [0, 0.05) is 11.1 Å². The Hall–Kier alpha value is -3.52. The van der Waals surface area contributed by atoms with E-state index >= 15 is 0 Å². The minimum absolute atomic E-state index is 0.0793. The number of hydrogen-bond donors (Lipinski definition) is 1. The predicted octanol–water partition coefficient (Wildman–Crippen LogP) is 1.17. The van der Waals surface area contributed by atoms with Gasteiger partial charge in [-0.1, -0.05) is 24.0 Å². The number of para-hydroxylation sites is 1. The van der Waals surface area contributed by atoms with Gasteiger partial charge in [-0.2, -0.15) is 0 Å². The van der Waals surface area contributed by atoms with Gasteiger partial charge >= 0.3 is 0 Å². The van der Waals surface area contributed by atoms with Crippen LogP contribution in [0.2, 0.25) is 0 Å². The molecule has 0 bridgehead atoms. The molecule has 1 aliphatic rings. The summed E-state index contributed by atoms with van der Waals surface area (Å²) in [5.74, 6) is -0.489. The number of carbonyl (C=O) groups is 2. The van der Waals surface area contributed by atoms with Crippen LogP contribution in [0, 0.1) is 6.92 Å². The van der Waals surface area contributed by atoms with E-state index in [4.69, 9.17) is 14.2 Å². The normalized spacial score (nSPS) is 17.2. The van der Waals surface area contributed by atoms with Gasteiger partial charge < -0.3 is 29.1 Å². The molecule has 0 saturated carbocycles. The van der Waals surface area contributed by atoms with E-state index < -0.39 is 23.5 Å². The van der Waals surface area contributed by atoms with Gasteiger partial charge in [0.15, 0.2) is 11.5 Å². The Morgan fingerprint density at radius 3 is 2.31 bits per heavy atom. The summed E-state index contributed by atoms with van der Waals surface area (Å²) in [5.41, 5.74) is 1.47. The van der Waals surface area contributed by atoms with Crippen molar-refractivity contribution in [3.63, 3.8) is 0 Å². The van der Waals surface area contributed by atoms with E-state index in [1.165, 1.54) is 24.0 Å². The summed E-state index contributed by atoms with van der Waals surface area (Å²) >= 11 is 0. The van der Waals surface area contributed by atoms with Gasteiger partial charge in [-0.25, -0.2) is 0 Å². The third kappa shape index (κ3) is 4.98. The lowest BCUT2D eigenvalue weighted by molar-refractivity contribution is -0.895. The number of amides is 1. The SMILES string of the molecule is CC[NH+](CC)CCN1C(=O)C(=O)/C(=C(/[O-])c2ccc(OC)cc2C)C1c1cccc(OC)c1OC. The highest BCUT2D eigenvalue weighted by molar-refractivity contribution is 6.46. The number of benzene rings is 2. The summed E-state index contributed by atoms with van der Waals surface area (Å²) in [6.45, 7) is 8.68. The van der Waals surface area contributed by atoms with Crippen molar-refractivity contribution in [1.82, 2.24) is 4.90 Å². The first kappa shape index (κ1) is 26.1. The minimum Gasteiger partial charge on any atom is -0.872 e. The number of likely N-dealkylation sites (tertiary alicyclic amines) is 1. The van der Waals surface area contributed by atoms with Crippen LogP contribution in [0.15, 0.2) is 42.0 Å². The summed E-state index contributed by atoms with van der Waals surface area (Å²) in [7, 11) is 4.56. The largest absolute Gasteiger partial charge is 0.872 e. The van der Waals surface area contributed by atoms with E-state index in [1.807, 2.05) is 0 Å². The fraction of sp³-hybridized carbons (Fsp3) is 0.407. The molecular formula is C27H34N2O6. The number of quaternary nitrogens is 1. The number of methoxy groups -OCH3 is 3. The van der Waals surface area contributed by atoms with Gasteiger partial charge in [-0.05, 0) is 50.1 Å². The maximum atomic E-state index is 13.8. The maximum absolute atomic E-state index is 13.8. The van der Waals surface area contributed by atoms with Crippen LogP contribution in [0.25, 0.3) is 5.76 Å². The van der Waals surface area contributed by atoms with Gasteiger partial charge in [0.25, 0.3) is 5.91 Å². The highest BCUT2D eigenvalue weighted by atomic mass is 16.5. The van der Waals surface area contributed by atoms with E-state index in [-0.39, 0.29) is 5.57 Å². The van der Waals surface area contributed by atoms with Crippen molar-refractivity contribution in [3.8, 4) is 17.2 Å². The topological polar surface area (TPSA) is 92.6 Å². The Morgan fingerprint density at radius 1 is 1.03 bits per heavy atom. The average molecular weight is 483 g/mol. The Labute approximate surface area is 206 Å². The van der Waals surface area contributed by atoms with Crippen LogP contribution in [-0.4, -0.2) is 64.1 Å². The number of aryl methyl sites for hydroxylation is 1. The van der Waals surface area contributed by atoms with Crippen LogP contribution in [0.5, 0.6) is 17.2 Å². The van der Waals surface area contributed by atoms with Crippen molar-refractivity contribution in [2.45, 2.75) is 26.8 Å². The molecule has 1 saturated heterocycles. The lowest BCUT2D eigenvalue weighted by atomic mass is 9.93. The number of nitrogens with one attached hydrogen (secondary N) is 1.